The molecule has 3 bridgehead atoms. The van der Waals surface area contributed by atoms with E-state index in [1.54, 1.807) is 30.3 Å². The molecule has 4 aliphatic heterocycles. The summed E-state index contributed by atoms with van der Waals surface area (Å²) in [6.07, 6.45) is -1.27. The first kappa shape index (κ1) is 35.6. The molecule has 3 aliphatic carbocycles. The fraction of sp³-hybridized carbons (Fsp3) is 0.744. The Labute approximate surface area is 298 Å². The summed E-state index contributed by atoms with van der Waals surface area (Å²) >= 11 is 0. The van der Waals surface area contributed by atoms with Crippen LogP contribution >= 0.6 is 0 Å². The van der Waals surface area contributed by atoms with Crippen molar-refractivity contribution >= 4 is 11.9 Å². The molecule has 7 fully saturated rings. The molecule has 0 aromatic heterocycles. The lowest BCUT2D eigenvalue weighted by atomic mass is 9.51. The lowest BCUT2D eigenvalue weighted by molar-refractivity contribution is -0.459. The zero-order valence-electron chi connectivity index (χ0n) is 29.9. The number of hydrogen-bond acceptors (Lipinski definition) is 12. The van der Waals surface area contributed by atoms with Gasteiger partial charge in [-0.1, -0.05) is 70.7 Å². The third kappa shape index (κ3) is 4.66. The number of carbonyl (C=O) groups excluding carboxylic acids is 2. The van der Waals surface area contributed by atoms with Gasteiger partial charge in [0.05, 0.1) is 24.4 Å². The van der Waals surface area contributed by atoms with Crippen molar-refractivity contribution in [2.45, 2.75) is 132 Å². The van der Waals surface area contributed by atoms with Gasteiger partial charge in [0.15, 0.2) is 0 Å². The number of rotatable bonds is 6. The normalized spacial score (nSPS) is 50.9. The van der Waals surface area contributed by atoms with Crippen molar-refractivity contribution in [3.63, 3.8) is 0 Å². The standard InChI is InChI=1S/C39H52O12/c1-20(2)35-17-25(18-46-23(5)41)38-28-31(35)49-39(50-35,51-38)26(42)16-12-7-6-9-13-21(3)27-22(4)30(47-33(43)24-14-10-8-11-15-24)37(45,29(27)38)34(44)36(19-40)32(28)48-36/h8,10-11,14-15,21-22,25-32,34,40,42,44-45H,1,6-7,9,12-13,16-19H2,2-5H3/t21-,22+,25+,26-,27+,28-,29-,30+,31-,32+,34-,35-,36+,37-,38-,39-/m1/s1. The average Bonchev–Trinajstić information content (AvgIpc) is 3.74. The van der Waals surface area contributed by atoms with Gasteiger partial charge in [0.2, 0.25) is 0 Å². The maximum absolute atomic E-state index is 13.9. The zero-order valence-corrected chi connectivity index (χ0v) is 29.9. The second-order valence-corrected chi connectivity index (χ2v) is 16.6. The van der Waals surface area contributed by atoms with Gasteiger partial charge < -0.3 is 48.8 Å². The highest BCUT2D eigenvalue weighted by atomic mass is 16.9. The summed E-state index contributed by atoms with van der Waals surface area (Å²) in [5.41, 5.74) is -5.76. The number of carbonyl (C=O) groups is 2. The van der Waals surface area contributed by atoms with Crippen LogP contribution in [0.1, 0.15) is 83.0 Å². The summed E-state index contributed by atoms with van der Waals surface area (Å²) in [4.78, 5) is 26.4. The van der Waals surface area contributed by atoms with E-state index in [1.165, 1.54) is 6.92 Å². The minimum Gasteiger partial charge on any atom is -0.465 e. The predicted octanol–water partition coefficient (Wildman–Crippen LogP) is 3.03. The van der Waals surface area contributed by atoms with Crippen molar-refractivity contribution in [3.8, 4) is 0 Å². The Morgan fingerprint density at radius 3 is 2.35 bits per heavy atom. The summed E-state index contributed by atoms with van der Waals surface area (Å²) in [5.74, 6) is -6.61. The number of aliphatic hydroxyl groups excluding tert-OH is 3. The van der Waals surface area contributed by atoms with Gasteiger partial charge in [-0.25, -0.2) is 4.79 Å². The molecule has 8 rings (SSSR count). The predicted molar refractivity (Wildman–Crippen MR) is 179 cm³/mol. The van der Waals surface area contributed by atoms with Gasteiger partial charge in [0.1, 0.15) is 47.3 Å². The van der Waals surface area contributed by atoms with E-state index in [9.17, 15) is 30.0 Å². The van der Waals surface area contributed by atoms with Crippen LogP contribution in [0.4, 0.5) is 0 Å². The first-order valence-electron chi connectivity index (χ1n) is 18.7. The quantitative estimate of drug-likeness (QED) is 0.193. The third-order valence-electron chi connectivity index (χ3n) is 14.0. The van der Waals surface area contributed by atoms with Crippen molar-refractivity contribution < 1.29 is 58.4 Å². The third-order valence-corrected chi connectivity index (χ3v) is 14.0. The van der Waals surface area contributed by atoms with Crippen molar-refractivity contribution in [2.24, 2.45) is 35.5 Å². The molecule has 51 heavy (non-hydrogen) atoms. The molecule has 16 atom stereocenters. The first-order chi connectivity index (χ1) is 24.2. The van der Waals surface area contributed by atoms with Gasteiger partial charge in [-0.15, -0.1) is 0 Å². The smallest absolute Gasteiger partial charge is 0.338 e. The number of benzene rings is 1. The highest BCUT2D eigenvalue weighted by Crippen LogP contribution is 2.75. The topological polar surface area (TPSA) is 174 Å². The maximum Gasteiger partial charge on any atom is 0.338 e. The minimum atomic E-state index is -2.24. The average molecular weight is 713 g/mol. The highest BCUT2D eigenvalue weighted by molar-refractivity contribution is 5.89. The Kier molecular flexibility index (Phi) is 8.41. The second kappa shape index (κ2) is 12.0. The van der Waals surface area contributed by atoms with E-state index < -0.39 is 107 Å². The minimum absolute atomic E-state index is 0.0616. The van der Waals surface area contributed by atoms with Crippen LogP contribution in [-0.4, -0.2) is 104 Å². The largest absolute Gasteiger partial charge is 0.465 e. The van der Waals surface area contributed by atoms with Gasteiger partial charge in [0, 0.05) is 24.7 Å². The van der Waals surface area contributed by atoms with Crippen LogP contribution in [0.2, 0.25) is 0 Å². The van der Waals surface area contributed by atoms with E-state index in [1.807, 2.05) is 13.8 Å². The Hall–Kier alpha value is -2.42. The Morgan fingerprint density at radius 2 is 1.69 bits per heavy atom. The number of hydrogen-bond donors (Lipinski definition) is 4. The lowest BCUT2D eigenvalue weighted by Crippen LogP contribution is -2.75. The van der Waals surface area contributed by atoms with E-state index in [2.05, 4.69) is 13.5 Å². The summed E-state index contributed by atoms with van der Waals surface area (Å²) in [7, 11) is 0. The molecule has 3 saturated carbocycles. The molecule has 7 aliphatic rings. The number of ether oxygens (including phenoxy) is 6. The van der Waals surface area contributed by atoms with Crippen LogP contribution in [0.5, 0.6) is 0 Å². The molecule has 12 nitrogen and oxygen atoms in total. The van der Waals surface area contributed by atoms with E-state index in [0.717, 1.165) is 25.7 Å². The molecule has 0 amide bonds. The molecule has 4 saturated heterocycles. The molecule has 1 aromatic carbocycles. The second-order valence-electron chi connectivity index (χ2n) is 16.6. The van der Waals surface area contributed by atoms with Crippen molar-refractivity contribution in [3.05, 3.63) is 48.0 Å². The van der Waals surface area contributed by atoms with Gasteiger partial charge in [-0.3, -0.25) is 4.79 Å². The molecule has 4 N–H and O–H groups in total. The molecule has 0 radical (unpaired) electrons. The first-order valence-corrected chi connectivity index (χ1v) is 18.7. The van der Waals surface area contributed by atoms with Gasteiger partial charge >= 0.3 is 17.9 Å². The van der Waals surface area contributed by atoms with E-state index in [-0.39, 0.29) is 24.5 Å². The molecule has 12 heteroatoms. The summed E-state index contributed by atoms with van der Waals surface area (Å²) in [6, 6.07) is 8.49. The molecule has 0 unspecified atom stereocenters. The van der Waals surface area contributed by atoms with Crippen molar-refractivity contribution in [1.82, 2.24) is 0 Å². The number of esters is 2. The van der Waals surface area contributed by atoms with Gasteiger partial charge in [-0.2, -0.15) is 0 Å². The fourth-order valence-corrected chi connectivity index (χ4v) is 11.8. The van der Waals surface area contributed by atoms with E-state index >= 15 is 0 Å². The lowest BCUT2D eigenvalue weighted by Gasteiger charge is -2.62. The van der Waals surface area contributed by atoms with Crippen LogP contribution in [-0.2, 0) is 33.2 Å². The summed E-state index contributed by atoms with van der Waals surface area (Å²) in [6.45, 7) is 10.8. The van der Waals surface area contributed by atoms with Crippen LogP contribution in [0, 0.1) is 35.5 Å². The van der Waals surface area contributed by atoms with Crippen LogP contribution < -0.4 is 0 Å². The Balaban J connectivity index is 1.40. The van der Waals surface area contributed by atoms with E-state index in [4.69, 9.17) is 28.4 Å². The molecule has 4 heterocycles. The molecule has 2 spiro atoms. The summed E-state index contributed by atoms with van der Waals surface area (Å²) < 4.78 is 39.6. The van der Waals surface area contributed by atoms with Crippen LogP contribution in [0.15, 0.2) is 42.5 Å². The van der Waals surface area contributed by atoms with Crippen LogP contribution in [0.3, 0.4) is 0 Å². The molecular weight excluding hydrogens is 660 g/mol. The Morgan fingerprint density at radius 1 is 0.980 bits per heavy atom. The molecular formula is C39H52O12. The van der Waals surface area contributed by atoms with Crippen molar-refractivity contribution in [1.29, 1.82) is 0 Å². The fourth-order valence-electron chi connectivity index (χ4n) is 11.8. The number of fused-ring (bicyclic) bond motifs is 1. The van der Waals surface area contributed by atoms with Gasteiger partial charge in [0.25, 0.3) is 0 Å². The SMILES string of the molecule is C=C(C)[C@]12C[C@@H](COC(C)=O)[C@@]34O[C@]5(O[C@@H]1[C@@H]3[C@@H]1O[C@]1(CO)[C@@H](O)[C@@]1(O)[C@H]4[C@H]([C@H](C)[C@@H]1OC(=O)c1ccccc1)[C@H](C)CCCCCC[C@H]5O)O2. The maximum atomic E-state index is 13.9. The zero-order chi connectivity index (χ0) is 36.3. The number of aliphatic hydroxyl groups is 4. The van der Waals surface area contributed by atoms with Gasteiger partial charge in [-0.05, 0) is 55.2 Å². The van der Waals surface area contributed by atoms with Crippen molar-refractivity contribution in [2.75, 3.05) is 13.2 Å². The number of epoxide rings is 1. The summed E-state index contributed by atoms with van der Waals surface area (Å²) in [5, 5.41) is 49.5. The Bertz CT molecular complexity index is 1570. The molecule has 1 aromatic rings. The molecule has 280 valence electrons. The highest BCUT2D eigenvalue weighted by Gasteiger charge is 2.91. The monoisotopic (exact) mass is 712 g/mol. The van der Waals surface area contributed by atoms with Crippen LogP contribution in [0.25, 0.3) is 0 Å². The van der Waals surface area contributed by atoms with E-state index in [0.29, 0.717) is 18.4 Å².